The van der Waals surface area contributed by atoms with Crippen LogP contribution in [-0.4, -0.2) is 66.0 Å². The molecule has 0 spiro atoms. The Balaban J connectivity index is 1.48. The van der Waals surface area contributed by atoms with Crippen LogP contribution in [0.5, 0.6) is 0 Å². The Morgan fingerprint density at radius 2 is 1.91 bits per heavy atom. The Hall–Kier alpha value is -3.49. The second kappa shape index (κ2) is 11.6. The summed E-state index contributed by atoms with van der Waals surface area (Å²) < 4.78 is 10.6. The van der Waals surface area contributed by atoms with Crippen molar-refractivity contribution in [3.63, 3.8) is 0 Å². The molecule has 1 fully saturated rings. The van der Waals surface area contributed by atoms with E-state index in [-0.39, 0.29) is 17.6 Å². The zero-order chi connectivity index (χ0) is 23.8. The molecule has 2 aromatic heterocycles. The number of aryl methyl sites for hydroxylation is 1. The fourth-order valence-corrected chi connectivity index (χ4v) is 3.93. The number of morpholine rings is 1. The first-order valence-electron chi connectivity index (χ1n) is 11.5. The molecule has 8 heteroatoms. The van der Waals surface area contributed by atoms with E-state index in [9.17, 15) is 9.59 Å². The highest BCUT2D eigenvalue weighted by molar-refractivity contribution is 6.03. The molecule has 2 amide bonds. The molecule has 1 aliphatic heterocycles. The molecule has 0 aliphatic carbocycles. The highest BCUT2D eigenvalue weighted by Gasteiger charge is 2.19. The van der Waals surface area contributed by atoms with Crippen molar-refractivity contribution < 1.29 is 18.7 Å². The van der Waals surface area contributed by atoms with Crippen molar-refractivity contribution in [2.45, 2.75) is 19.9 Å². The molecule has 34 heavy (non-hydrogen) atoms. The third-order valence-electron chi connectivity index (χ3n) is 5.89. The number of hydrogen-bond donors (Lipinski definition) is 1. The van der Waals surface area contributed by atoms with E-state index in [2.05, 4.69) is 15.2 Å². The Morgan fingerprint density at radius 3 is 2.65 bits per heavy atom. The van der Waals surface area contributed by atoms with Crippen LogP contribution in [0.4, 0.5) is 5.69 Å². The largest absolute Gasteiger partial charge is 0.459 e. The van der Waals surface area contributed by atoms with Crippen molar-refractivity contribution in [1.82, 2.24) is 14.8 Å². The summed E-state index contributed by atoms with van der Waals surface area (Å²) in [6.07, 6.45) is 5.79. The minimum absolute atomic E-state index is 0.0766. The summed E-state index contributed by atoms with van der Waals surface area (Å²) in [6, 6.07) is 12.5. The Morgan fingerprint density at radius 1 is 1.12 bits per heavy atom. The number of furan rings is 1. The molecule has 1 N–H and O–H groups in total. The van der Waals surface area contributed by atoms with E-state index in [4.69, 9.17) is 9.15 Å². The van der Waals surface area contributed by atoms with Gasteiger partial charge in [0.2, 0.25) is 0 Å². The molecule has 1 aromatic carbocycles. The number of pyridine rings is 1. The maximum absolute atomic E-state index is 13.6. The molecule has 0 bridgehead atoms. The Kier molecular flexibility index (Phi) is 8.06. The third kappa shape index (κ3) is 6.30. The summed E-state index contributed by atoms with van der Waals surface area (Å²) in [7, 11) is 0. The van der Waals surface area contributed by atoms with Gasteiger partial charge in [0.25, 0.3) is 11.8 Å². The van der Waals surface area contributed by atoms with Gasteiger partial charge in [-0.2, -0.15) is 0 Å². The summed E-state index contributed by atoms with van der Waals surface area (Å²) in [5, 5.41) is 2.85. The molecular weight excluding hydrogens is 432 g/mol. The average Bonchev–Trinajstić information content (AvgIpc) is 3.41. The molecule has 3 aromatic rings. The first-order valence-corrected chi connectivity index (χ1v) is 11.5. The number of aromatic nitrogens is 1. The smallest absolute Gasteiger partial charge is 0.291 e. The van der Waals surface area contributed by atoms with Crippen LogP contribution in [0.3, 0.4) is 0 Å². The summed E-state index contributed by atoms with van der Waals surface area (Å²) >= 11 is 0. The molecule has 1 saturated heterocycles. The van der Waals surface area contributed by atoms with Crippen molar-refractivity contribution in [1.29, 1.82) is 0 Å². The number of hydrogen-bond acceptors (Lipinski definition) is 6. The highest BCUT2D eigenvalue weighted by atomic mass is 16.5. The van der Waals surface area contributed by atoms with Crippen LogP contribution in [-0.2, 0) is 11.3 Å². The van der Waals surface area contributed by atoms with Crippen molar-refractivity contribution in [2.75, 3.05) is 44.7 Å². The maximum Gasteiger partial charge on any atom is 0.291 e. The fourth-order valence-electron chi connectivity index (χ4n) is 3.93. The van der Waals surface area contributed by atoms with Crippen molar-refractivity contribution in [2.24, 2.45) is 0 Å². The standard InChI is InChI=1S/C26H30N4O4/c1-20-5-6-22(18-23(20)28-25(31)24-4-2-15-34-24)26(32)30(19-21-7-9-27-10-8-21)12-3-11-29-13-16-33-17-14-29/h2,4-10,15,18H,3,11-14,16-17,19H2,1H3,(H,28,31). The number of ether oxygens (including phenoxy) is 1. The maximum atomic E-state index is 13.6. The van der Waals surface area contributed by atoms with E-state index in [0.29, 0.717) is 24.3 Å². The first kappa shape index (κ1) is 23.7. The van der Waals surface area contributed by atoms with Crippen LogP contribution >= 0.6 is 0 Å². The van der Waals surface area contributed by atoms with Gasteiger partial charge in [-0.3, -0.25) is 19.5 Å². The molecule has 0 atom stereocenters. The second-order valence-corrected chi connectivity index (χ2v) is 8.35. The second-order valence-electron chi connectivity index (χ2n) is 8.35. The average molecular weight is 463 g/mol. The monoisotopic (exact) mass is 462 g/mol. The molecule has 1 aliphatic rings. The zero-order valence-electron chi connectivity index (χ0n) is 19.4. The number of carbonyl (C=O) groups is 2. The van der Waals surface area contributed by atoms with Crippen LogP contribution in [0, 0.1) is 6.92 Å². The topological polar surface area (TPSA) is 87.9 Å². The fraction of sp³-hybridized carbons (Fsp3) is 0.346. The SMILES string of the molecule is Cc1ccc(C(=O)N(CCCN2CCOCC2)Cc2ccncc2)cc1NC(=O)c1ccco1. The molecule has 3 heterocycles. The van der Waals surface area contributed by atoms with E-state index in [1.165, 1.54) is 6.26 Å². The quantitative estimate of drug-likeness (QED) is 0.523. The number of amides is 2. The predicted molar refractivity (Wildman–Crippen MR) is 129 cm³/mol. The van der Waals surface area contributed by atoms with Crippen molar-refractivity contribution >= 4 is 17.5 Å². The molecule has 0 unspecified atom stereocenters. The molecule has 4 rings (SSSR count). The number of nitrogens with one attached hydrogen (secondary N) is 1. The lowest BCUT2D eigenvalue weighted by Crippen LogP contribution is -2.39. The lowest BCUT2D eigenvalue weighted by molar-refractivity contribution is 0.0355. The van der Waals surface area contributed by atoms with Crippen LogP contribution in [0.2, 0.25) is 0 Å². The predicted octanol–water partition coefficient (Wildman–Crippen LogP) is 3.60. The van der Waals surface area contributed by atoms with Gasteiger partial charge in [0, 0.05) is 56.4 Å². The summed E-state index contributed by atoms with van der Waals surface area (Å²) in [6.45, 7) is 7.30. The normalized spacial score (nSPS) is 14.0. The van der Waals surface area contributed by atoms with E-state index in [1.54, 1.807) is 30.6 Å². The highest BCUT2D eigenvalue weighted by Crippen LogP contribution is 2.20. The minimum atomic E-state index is -0.350. The number of carbonyl (C=O) groups excluding carboxylic acids is 2. The lowest BCUT2D eigenvalue weighted by Gasteiger charge is -2.28. The Bertz CT molecular complexity index is 1080. The minimum Gasteiger partial charge on any atom is -0.459 e. The first-order chi connectivity index (χ1) is 16.6. The van der Waals surface area contributed by atoms with E-state index in [1.807, 2.05) is 36.1 Å². The molecule has 178 valence electrons. The summed E-state index contributed by atoms with van der Waals surface area (Å²) in [4.78, 5) is 34.3. The number of nitrogens with zero attached hydrogens (tertiary/aromatic N) is 3. The van der Waals surface area contributed by atoms with E-state index >= 15 is 0 Å². The zero-order valence-corrected chi connectivity index (χ0v) is 19.4. The van der Waals surface area contributed by atoms with Gasteiger partial charge in [0.15, 0.2) is 5.76 Å². The van der Waals surface area contributed by atoms with Gasteiger partial charge < -0.3 is 19.4 Å². The van der Waals surface area contributed by atoms with Crippen molar-refractivity contribution in [3.05, 3.63) is 83.6 Å². The molecule has 8 nitrogen and oxygen atoms in total. The van der Waals surface area contributed by atoms with Gasteiger partial charge in [0.1, 0.15) is 0 Å². The van der Waals surface area contributed by atoms with Crippen LogP contribution in [0.25, 0.3) is 0 Å². The van der Waals surface area contributed by atoms with E-state index in [0.717, 1.165) is 50.4 Å². The summed E-state index contributed by atoms with van der Waals surface area (Å²) in [5.74, 6) is -0.206. The molecular formula is C26H30N4O4. The lowest BCUT2D eigenvalue weighted by atomic mass is 10.1. The molecule has 0 saturated carbocycles. The van der Waals surface area contributed by atoms with Gasteiger partial charge in [-0.05, 0) is 60.9 Å². The van der Waals surface area contributed by atoms with Gasteiger partial charge in [-0.15, -0.1) is 0 Å². The van der Waals surface area contributed by atoms with Gasteiger partial charge >= 0.3 is 0 Å². The molecule has 0 radical (unpaired) electrons. The number of rotatable bonds is 9. The Labute approximate surface area is 199 Å². The van der Waals surface area contributed by atoms with Gasteiger partial charge in [-0.25, -0.2) is 0 Å². The van der Waals surface area contributed by atoms with Crippen molar-refractivity contribution in [3.8, 4) is 0 Å². The van der Waals surface area contributed by atoms with E-state index < -0.39 is 0 Å². The third-order valence-corrected chi connectivity index (χ3v) is 5.89. The van der Waals surface area contributed by atoms with Crippen LogP contribution < -0.4 is 5.32 Å². The summed E-state index contributed by atoms with van der Waals surface area (Å²) in [5.41, 5.74) is 3.00. The van der Waals surface area contributed by atoms with Crippen LogP contribution in [0.15, 0.2) is 65.5 Å². The van der Waals surface area contributed by atoms with Crippen LogP contribution in [0.1, 0.15) is 38.5 Å². The van der Waals surface area contributed by atoms with Gasteiger partial charge in [-0.1, -0.05) is 6.07 Å². The number of benzene rings is 1. The number of anilines is 1. The van der Waals surface area contributed by atoms with Gasteiger partial charge in [0.05, 0.1) is 19.5 Å².